The van der Waals surface area contributed by atoms with E-state index in [1.165, 1.54) is 193 Å². The third-order valence-electron chi connectivity index (χ3n) is 12.8. The van der Waals surface area contributed by atoms with Gasteiger partial charge in [-0.25, -0.2) is 0 Å². The summed E-state index contributed by atoms with van der Waals surface area (Å²) in [5, 5.41) is 23.2. The minimum Gasteiger partial charge on any atom is -0.466 e. The van der Waals surface area contributed by atoms with E-state index in [0.29, 0.717) is 25.9 Å². The second kappa shape index (κ2) is 51.2. The van der Waals surface area contributed by atoms with Crippen LogP contribution in [0, 0.1) is 0 Å². The van der Waals surface area contributed by atoms with E-state index in [9.17, 15) is 19.8 Å². The Morgan fingerprint density at radius 2 is 0.770 bits per heavy atom. The van der Waals surface area contributed by atoms with Gasteiger partial charge in [0.15, 0.2) is 0 Å². The fourth-order valence-corrected chi connectivity index (χ4v) is 8.58. The van der Waals surface area contributed by atoms with Gasteiger partial charge in [-0.1, -0.05) is 244 Å². The first kappa shape index (κ1) is 59.6. The zero-order valence-electron chi connectivity index (χ0n) is 41.2. The van der Waals surface area contributed by atoms with Crippen LogP contribution in [0.15, 0.2) is 12.2 Å². The van der Waals surface area contributed by atoms with Crippen LogP contribution in [-0.2, 0) is 14.3 Å². The Morgan fingerprint density at radius 1 is 0.443 bits per heavy atom. The minimum absolute atomic E-state index is 0.0180. The molecule has 0 bridgehead atoms. The molecular weight excluding hydrogens is 755 g/mol. The number of aliphatic hydroxyl groups excluding tert-OH is 2. The lowest BCUT2D eigenvalue weighted by Crippen LogP contribution is -2.45. The van der Waals surface area contributed by atoms with Gasteiger partial charge in [-0.2, -0.15) is 0 Å². The van der Waals surface area contributed by atoms with Crippen molar-refractivity contribution in [3.8, 4) is 0 Å². The lowest BCUT2D eigenvalue weighted by atomic mass is 10.0. The Hall–Kier alpha value is -1.40. The van der Waals surface area contributed by atoms with Crippen molar-refractivity contribution >= 4 is 11.9 Å². The summed E-state index contributed by atoms with van der Waals surface area (Å²) in [6.07, 6.45) is 59.1. The lowest BCUT2D eigenvalue weighted by molar-refractivity contribution is -0.143. The molecule has 362 valence electrons. The molecule has 0 saturated carbocycles. The van der Waals surface area contributed by atoms with Crippen LogP contribution in [0.4, 0.5) is 0 Å². The van der Waals surface area contributed by atoms with Gasteiger partial charge in [0.2, 0.25) is 5.91 Å². The zero-order valence-corrected chi connectivity index (χ0v) is 41.2. The molecule has 6 heteroatoms. The number of hydrogen-bond donors (Lipinski definition) is 3. The molecule has 0 aliphatic carbocycles. The molecule has 61 heavy (non-hydrogen) atoms. The predicted octanol–water partition coefficient (Wildman–Crippen LogP) is 16.5. The maximum Gasteiger partial charge on any atom is 0.305 e. The second-order valence-corrected chi connectivity index (χ2v) is 18.9. The molecule has 3 N–H and O–H groups in total. The molecule has 0 rings (SSSR count). The van der Waals surface area contributed by atoms with Crippen molar-refractivity contribution in [2.45, 2.75) is 315 Å². The SMILES string of the molecule is CCCCCCCCCCCCCCCCCCCCC(=O)OCCCCC/C=C\CCCCCCCC(=O)NC(CO)C(O)CCCCCCCCCCCCCCCC. The number of nitrogens with one attached hydrogen (secondary N) is 1. The number of ether oxygens (including phenoxy) is 1. The first-order chi connectivity index (χ1) is 30.0. The number of aliphatic hydroxyl groups is 2. The Balaban J connectivity index is 3.46. The summed E-state index contributed by atoms with van der Waals surface area (Å²) in [4.78, 5) is 24.5. The minimum atomic E-state index is -0.679. The van der Waals surface area contributed by atoms with E-state index in [4.69, 9.17) is 4.74 Å². The molecule has 0 saturated heterocycles. The summed E-state index contributed by atoms with van der Waals surface area (Å²) in [5.74, 6) is -0.0772. The van der Waals surface area contributed by atoms with Gasteiger partial charge in [-0.05, 0) is 57.8 Å². The molecule has 0 aromatic rings. The topological polar surface area (TPSA) is 95.9 Å². The lowest BCUT2D eigenvalue weighted by Gasteiger charge is -2.22. The van der Waals surface area contributed by atoms with E-state index in [2.05, 4.69) is 31.3 Å². The van der Waals surface area contributed by atoms with Gasteiger partial charge in [-0.3, -0.25) is 9.59 Å². The predicted molar refractivity (Wildman–Crippen MR) is 264 cm³/mol. The molecule has 2 atom stereocenters. The number of unbranched alkanes of at least 4 members (excludes halogenated alkanes) is 38. The maximum absolute atomic E-state index is 12.4. The van der Waals surface area contributed by atoms with Gasteiger partial charge in [0.1, 0.15) is 0 Å². The summed E-state index contributed by atoms with van der Waals surface area (Å²) in [7, 11) is 0. The molecular formula is C55H107NO5. The van der Waals surface area contributed by atoms with Gasteiger partial charge in [-0.15, -0.1) is 0 Å². The normalized spacial score (nSPS) is 12.7. The summed E-state index contributed by atoms with van der Waals surface area (Å²) < 4.78 is 5.46. The van der Waals surface area contributed by atoms with E-state index in [-0.39, 0.29) is 18.5 Å². The van der Waals surface area contributed by atoms with E-state index >= 15 is 0 Å². The third kappa shape index (κ3) is 47.9. The largest absolute Gasteiger partial charge is 0.466 e. The van der Waals surface area contributed by atoms with Crippen molar-refractivity contribution in [1.29, 1.82) is 0 Å². The highest BCUT2D eigenvalue weighted by Crippen LogP contribution is 2.17. The van der Waals surface area contributed by atoms with Gasteiger partial charge in [0.05, 0.1) is 25.4 Å². The van der Waals surface area contributed by atoms with Crippen LogP contribution < -0.4 is 5.32 Å². The first-order valence-corrected chi connectivity index (χ1v) is 27.4. The van der Waals surface area contributed by atoms with Gasteiger partial charge in [0.25, 0.3) is 0 Å². The number of amides is 1. The average Bonchev–Trinajstić information content (AvgIpc) is 3.26. The molecule has 2 unspecified atom stereocenters. The number of carbonyl (C=O) groups excluding carboxylic acids is 2. The zero-order chi connectivity index (χ0) is 44.4. The van der Waals surface area contributed by atoms with E-state index in [0.717, 1.165) is 77.0 Å². The van der Waals surface area contributed by atoms with Crippen LogP contribution in [0.3, 0.4) is 0 Å². The summed E-state index contributed by atoms with van der Waals surface area (Å²) in [6, 6.07) is -0.558. The van der Waals surface area contributed by atoms with Crippen molar-refractivity contribution in [3.05, 3.63) is 12.2 Å². The fourth-order valence-electron chi connectivity index (χ4n) is 8.58. The van der Waals surface area contributed by atoms with Crippen molar-refractivity contribution in [1.82, 2.24) is 5.32 Å². The van der Waals surface area contributed by atoms with Gasteiger partial charge in [0, 0.05) is 12.8 Å². The highest BCUT2D eigenvalue weighted by atomic mass is 16.5. The monoisotopic (exact) mass is 862 g/mol. The maximum atomic E-state index is 12.4. The molecule has 0 radical (unpaired) electrons. The van der Waals surface area contributed by atoms with E-state index < -0.39 is 12.1 Å². The molecule has 0 aliphatic rings. The standard InChI is InChI=1S/C55H107NO5/c1-3-5-7-9-11-13-15-17-19-20-21-22-24-29-33-37-41-45-49-55(60)61-50-46-42-38-34-30-26-25-28-32-36-40-44-48-54(59)56-52(51-57)53(58)47-43-39-35-31-27-23-18-16-14-12-10-8-6-4-2/h26,30,52-53,57-58H,3-25,27-29,31-51H2,1-2H3,(H,56,59)/b30-26-. The smallest absolute Gasteiger partial charge is 0.305 e. The number of rotatable bonds is 51. The Labute approximate surface area is 380 Å². The highest BCUT2D eigenvalue weighted by molar-refractivity contribution is 5.76. The van der Waals surface area contributed by atoms with Crippen molar-refractivity contribution in [3.63, 3.8) is 0 Å². The molecule has 0 fully saturated rings. The van der Waals surface area contributed by atoms with Crippen molar-refractivity contribution in [2.24, 2.45) is 0 Å². The number of esters is 1. The molecule has 1 amide bonds. The number of allylic oxidation sites excluding steroid dienone is 2. The summed E-state index contributed by atoms with van der Waals surface area (Å²) in [5.41, 5.74) is 0. The fraction of sp³-hybridized carbons (Fsp3) is 0.927. The van der Waals surface area contributed by atoms with Crippen molar-refractivity contribution < 1.29 is 24.5 Å². The molecule has 0 heterocycles. The van der Waals surface area contributed by atoms with Crippen LogP contribution in [0.5, 0.6) is 0 Å². The third-order valence-corrected chi connectivity index (χ3v) is 12.8. The van der Waals surface area contributed by atoms with Crippen molar-refractivity contribution in [2.75, 3.05) is 13.2 Å². The second-order valence-electron chi connectivity index (χ2n) is 18.9. The molecule has 0 aromatic carbocycles. The summed E-state index contributed by atoms with van der Waals surface area (Å²) in [6.45, 7) is 4.91. The number of hydrogen-bond acceptors (Lipinski definition) is 5. The van der Waals surface area contributed by atoms with E-state index in [1.807, 2.05) is 0 Å². The number of carbonyl (C=O) groups is 2. The quantitative estimate of drug-likeness (QED) is 0.0322. The molecule has 6 nitrogen and oxygen atoms in total. The van der Waals surface area contributed by atoms with Crippen LogP contribution >= 0.6 is 0 Å². The Morgan fingerprint density at radius 3 is 1.16 bits per heavy atom. The van der Waals surface area contributed by atoms with Gasteiger partial charge >= 0.3 is 5.97 Å². The van der Waals surface area contributed by atoms with Crippen LogP contribution in [0.1, 0.15) is 303 Å². The molecule has 0 spiro atoms. The first-order valence-electron chi connectivity index (χ1n) is 27.4. The van der Waals surface area contributed by atoms with Crippen LogP contribution in [-0.4, -0.2) is 47.4 Å². The Kier molecular flexibility index (Phi) is 50.1. The van der Waals surface area contributed by atoms with Crippen LogP contribution in [0.25, 0.3) is 0 Å². The van der Waals surface area contributed by atoms with Crippen LogP contribution in [0.2, 0.25) is 0 Å². The highest BCUT2D eigenvalue weighted by Gasteiger charge is 2.20. The molecule has 0 aliphatic heterocycles. The molecule has 0 aromatic heterocycles. The average molecular weight is 862 g/mol. The Bertz CT molecular complexity index is 909. The van der Waals surface area contributed by atoms with Gasteiger partial charge < -0.3 is 20.3 Å². The summed E-state index contributed by atoms with van der Waals surface area (Å²) >= 11 is 0. The van der Waals surface area contributed by atoms with E-state index in [1.54, 1.807) is 0 Å².